The predicted octanol–water partition coefficient (Wildman–Crippen LogP) is 4.33. The molecule has 8 nitrogen and oxygen atoms in total. The van der Waals surface area contributed by atoms with Crippen LogP contribution in [0.5, 0.6) is 0 Å². The zero-order chi connectivity index (χ0) is 20.5. The number of non-ortho nitro benzene ring substituents is 1. The second-order valence-corrected chi connectivity index (χ2v) is 7.09. The van der Waals surface area contributed by atoms with E-state index < -0.39 is 16.6 Å². The number of hydrogen-bond acceptors (Lipinski definition) is 6. The first-order chi connectivity index (χ1) is 13.2. The van der Waals surface area contributed by atoms with E-state index in [2.05, 4.69) is 15.5 Å². The van der Waals surface area contributed by atoms with Crippen molar-refractivity contribution in [3.05, 3.63) is 69.8 Å². The molecule has 0 atom stereocenters. The summed E-state index contributed by atoms with van der Waals surface area (Å²) >= 11 is 0. The topological polar surface area (TPSA) is 111 Å². The Labute approximate surface area is 159 Å². The lowest BCUT2D eigenvalue weighted by molar-refractivity contribution is -0.384. The number of carbonyl (C=O) groups excluding carboxylic acids is 1. The molecule has 0 radical (unpaired) electrons. The second kappa shape index (κ2) is 7.18. The highest BCUT2D eigenvalue weighted by molar-refractivity contribution is 6.08. The summed E-state index contributed by atoms with van der Waals surface area (Å²) in [6.07, 6.45) is 0. The van der Waals surface area contributed by atoms with Crippen LogP contribution >= 0.6 is 0 Å². The number of amides is 1. The van der Waals surface area contributed by atoms with Crippen molar-refractivity contribution in [3.63, 3.8) is 0 Å². The third-order valence-electron chi connectivity index (χ3n) is 3.91. The molecule has 0 saturated heterocycles. The lowest BCUT2D eigenvalue weighted by atomic mass is 9.96. The van der Waals surface area contributed by atoms with Gasteiger partial charge in [0.1, 0.15) is 5.82 Å². The lowest BCUT2D eigenvalue weighted by Crippen LogP contribution is -2.15. The molecule has 1 heterocycles. The van der Waals surface area contributed by atoms with Crippen LogP contribution in [0, 0.1) is 15.9 Å². The first-order valence-corrected chi connectivity index (χ1v) is 8.35. The maximum atomic E-state index is 14.0. The Balaban J connectivity index is 1.95. The Morgan fingerprint density at radius 2 is 1.93 bits per heavy atom. The molecule has 0 spiro atoms. The number of anilines is 1. The summed E-state index contributed by atoms with van der Waals surface area (Å²) in [5, 5.41) is 17.2. The number of nitro groups is 1. The van der Waals surface area contributed by atoms with Crippen molar-refractivity contribution in [3.8, 4) is 11.5 Å². The number of nitrogens with zero attached hydrogens (tertiary/aromatic N) is 3. The average molecular weight is 384 g/mol. The van der Waals surface area contributed by atoms with Gasteiger partial charge < -0.3 is 9.84 Å². The summed E-state index contributed by atoms with van der Waals surface area (Å²) in [5.41, 5.74) is -0.441. The normalized spacial score (nSPS) is 11.3. The minimum absolute atomic E-state index is 0.148. The van der Waals surface area contributed by atoms with Crippen molar-refractivity contribution >= 4 is 17.3 Å². The number of benzene rings is 2. The van der Waals surface area contributed by atoms with E-state index in [0.717, 1.165) is 18.2 Å². The van der Waals surface area contributed by atoms with Gasteiger partial charge >= 0.3 is 0 Å². The lowest BCUT2D eigenvalue weighted by Gasteiger charge is -2.11. The highest BCUT2D eigenvalue weighted by Crippen LogP contribution is 2.27. The van der Waals surface area contributed by atoms with Crippen molar-refractivity contribution in [1.82, 2.24) is 10.1 Å². The molecule has 0 aliphatic heterocycles. The number of nitro benzene ring substituents is 1. The fraction of sp³-hybridized carbons (Fsp3) is 0.211. The Bertz CT molecular complexity index is 1060. The molecule has 3 aromatic rings. The first-order valence-electron chi connectivity index (χ1n) is 8.35. The Hall–Kier alpha value is -3.62. The molecule has 9 heteroatoms. The Morgan fingerprint density at radius 3 is 2.57 bits per heavy atom. The third kappa shape index (κ3) is 3.88. The Morgan fingerprint density at radius 1 is 1.21 bits per heavy atom. The maximum absolute atomic E-state index is 14.0. The zero-order valence-electron chi connectivity index (χ0n) is 15.4. The molecule has 144 valence electrons. The monoisotopic (exact) mass is 384 g/mol. The molecule has 0 aliphatic rings. The SMILES string of the molecule is CC(C)(C)c1noc(-c2ccccc2C(=O)Nc2cc([N+](=O)[O-])ccc2F)n1. The van der Waals surface area contributed by atoms with E-state index >= 15 is 0 Å². The molecule has 1 aromatic heterocycles. The van der Waals surface area contributed by atoms with Gasteiger partial charge in [-0.2, -0.15) is 4.98 Å². The predicted molar refractivity (Wildman–Crippen MR) is 99.4 cm³/mol. The summed E-state index contributed by atoms with van der Waals surface area (Å²) in [6, 6.07) is 9.36. The fourth-order valence-electron chi connectivity index (χ4n) is 2.42. The van der Waals surface area contributed by atoms with Gasteiger partial charge in [-0.05, 0) is 18.2 Å². The highest BCUT2D eigenvalue weighted by Gasteiger charge is 2.24. The van der Waals surface area contributed by atoms with Gasteiger partial charge in [-0.1, -0.05) is 38.1 Å². The number of rotatable bonds is 4. The van der Waals surface area contributed by atoms with Crippen molar-refractivity contribution < 1.29 is 18.6 Å². The molecule has 28 heavy (non-hydrogen) atoms. The van der Waals surface area contributed by atoms with Crippen LogP contribution in [0.3, 0.4) is 0 Å². The van der Waals surface area contributed by atoms with Crippen LogP contribution in [0.2, 0.25) is 0 Å². The van der Waals surface area contributed by atoms with Crippen LogP contribution in [0.15, 0.2) is 47.0 Å². The zero-order valence-corrected chi connectivity index (χ0v) is 15.4. The van der Waals surface area contributed by atoms with Crippen LogP contribution in [0.25, 0.3) is 11.5 Å². The van der Waals surface area contributed by atoms with Crippen LogP contribution in [-0.4, -0.2) is 21.0 Å². The molecular weight excluding hydrogens is 367 g/mol. The standard InChI is InChI=1S/C19H17FN4O4/c1-19(2,3)18-22-17(28-23-18)13-7-5-4-6-12(13)16(25)21-15-10-11(24(26)27)8-9-14(15)20/h4-10H,1-3H3,(H,21,25). The minimum Gasteiger partial charge on any atom is -0.334 e. The van der Waals surface area contributed by atoms with Gasteiger partial charge in [0.2, 0.25) is 0 Å². The van der Waals surface area contributed by atoms with Crippen molar-refractivity contribution in [2.45, 2.75) is 26.2 Å². The number of halogens is 1. The van der Waals surface area contributed by atoms with E-state index in [9.17, 15) is 19.3 Å². The summed E-state index contributed by atoms with van der Waals surface area (Å²) in [6.45, 7) is 5.77. The quantitative estimate of drug-likeness (QED) is 0.529. The third-order valence-corrected chi connectivity index (χ3v) is 3.91. The van der Waals surface area contributed by atoms with Crippen molar-refractivity contribution in [1.29, 1.82) is 0 Å². The molecule has 0 fully saturated rings. The smallest absolute Gasteiger partial charge is 0.271 e. The van der Waals surface area contributed by atoms with E-state index in [4.69, 9.17) is 4.52 Å². The highest BCUT2D eigenvalue weighted by atomic mass is 19.1. The number of hydrogen-bond donors (Lipinski definition) is 1. The molecule has 0 saturated carbocycles. The molecule has 0 bridgehead atoms. The number of aromatic nitrogens is 2. The summed E-state index contributed by atoms with van der Waals surface area (Å²) in [5.74, 6) is -0.827. The van der Waals surface area contributed by atoms with Gasteiger partial charge in [-0.15, -0.1) is 0 Å². The summed E-state index contributed by atoms with van der Waals surface area (Å²) in [4.78, 5) is 27.3. The molecule has 0 unspecified atom stereocenters. The molecule has 2 aromatic carbocycles. The summed E-state index contributed by atoms with van der Waals surface area (Å²) < 4.78 is 19.3. The van der Waals surface area contributed by atoms with Gasteiger partial charge in [0.15, 0.2) is 5.82 Å². The fourth-order valence-corrected chi connectivity index (χ4v) is 2.42. The largest absolute Gasteiger partial charge is 0.334 e. The molecular formula is C19H17FN4O4. The summed E-state index contributed by atoms with van der Waals surface area (Å²) in [7, 11) is 0. The molecule has 0 aliphatic carbocycles. The van der Waals surface area contributed by atoms with Gasteiger partial charge in [0, 0.05) is 17.5 Å². The van der Waals surface area contributed by atoms with Crippen molar-refractivity contribution in [2.75, 3.05) is 5.32 Å². The van der Waals surface area contributed by atoms with Crippen LogP contribution in [0.1, 0.15) is 37.0 Å². The van der Waals surface area contributed by atoms with Crippen LogP contribution in [0.4, 0.5) is 15.8 Å². The van der Waals surface area contributed by atoms with Gasteiger partial charge in [0.05, 0.1) is 21.7 Å². The average Bonchev–Trinajstić information content (AvgIpc) is 3.13. The van der Waals surface area contributed by atoms with Crippen LogP contribution < -0.4 is 5.32 Å². The van der Waals surface area contributed by atoms with E-state index in [1.807, 2.05) is 20.8 Å². The maximum Gasteiger partial charge on any atom is 0.271 e. The van der Waals surface area contributed by atoms with Gasteiger partial charge in [-0.3, -0.25) is 14.9 Å². The van der Waals surface area contributed by atoms with Crippen molar-refractivity contribution in [2.24, 2.45) is 0 Å². The first kappa shape index (κ1) is 19.2. The number of carbonyl (C=O) groups is 1. The second-order valence-electron chi connectivity index (χ2n) is 7.09. The van der Waals surface area contributed by atoms with Gasteiger partial charge in [0.25, 0.3) is 17.5 Å². The molecule has 1 N–H and O–H groups in total. The minimum atomic E-state index is -0.788. The van der Waals surface area contributed by atoms with E-state index in [1.165, 1.54) is 6.07 Å². The van der Waals surface area contributed by atoms with E-state index in [-0.39, 0.29) is 28.2 Å². The van der Waals surface area contributed by atoms with Gasteiger partial charge in [-0.25, -0.2) is 4.39 Å². The molecule has 3 rings (SSSR count). The number of nitrogens with one attached hydrogen (secondary N) is 1. The molecule has 1 amide bonds. The van der Waals surface area contributed by atoms with Crippen LogP contribution in [-0.2, 0) is 5.41 Å². The van der Waals surface area contributed by atoms with E-state index in [0.29, 0.717) is 11.4 Å². The Kier molecular flexibility index (Phi) is 4.91. The van der Waals surface area contributed by atoms with E-state index in [1.54, 1.807) is 18.2 Å².